The largest absolute Gasteiger partial charge is 0.339 e. The number of rotatable bonds is 7. The molecule has 2 aliphatic rings. The van der Waals surface area contributed by atoms with Crippen LogP contribution in [0.5, 0.6) is 0 Å². The Kier molecular flexibility index (Phi) is 5.93. The number of nitrogens with zero attached hydrogens (tertiary/aromatic N) is 6. The second kappa shape index (κ2) is 8.99. The number of nitrogens with one attached hydrogen (secondary N) is 1. The number of hydrogen-bond acceptors (Lipinski definition) is 7. The lowest BCUT2D eigenvalue weighted by Gasteiger charge is -2.45. The second-order valence-corrected chi connectivity index (χ2v) is 9.51. The van der Waals surface area contributed by atoms with Crippen LogP contribution in [0.1, 0.15) is 49.4 Å². The van der Waals surface area contributed by atoms with Crippen LogP contribution in [0.15, 0.2) is 47.8 Å². The van der Waals surface area contributed by atoms with Crippen LogP contribution in [0.4, 0.5) is 5.69 Å². The molecule has 0 radical (unpaired) electrons. The molecule has 0 saturated carbocycles. The Labute approximate surface area is 192 Å². The Morgan fingerprint density at radius 3 is 2.69 bits per heavy atom. The van der Waals surface area contributed by atoms with Gasteiger partial charge >= 0.3 is 0 Å². The standard InChI is InChI=1S/C23H29N7OS/c1-2-3-13-30-21(25-26-27-30)20(19-10-7-16-32-19)28-14-11-23(12-15-28)22(31)24-17-29(23)18-8-5-4-6-9-18/h4-10,16,20H,2-3,11-15,17H2,1H3,(H,24,31). The van der Waals surface area contributed by atoms with Crippen LogP contribution in [-0.2, 0) is 11.3 Å². The average Bonchev–Trinajstić information content (AvgIpc) is 3.58. The van der Waals surface area contributed by atoms with Crippen molar-refractivity contribution in [1.82, 2.24) is 30.4 Å². The molecule has 32 heavy (non-hydrogen) atoms. The van der Waals surface area contributed by atoms with Gasteiger partial charge in [0.2, 0.25) is 5.91 Å². The fraction of sp³-hybridized carbons (Fsp3) is 0.478. The van der Waals surface area contributed by atoms with E-state index < -0.39 is 5.54 Å². The number of anilines is 1. The molecule has 1 unspecified atom stereocenters. The van der Waals surface area contributed by atoms with E-state index in [-0.39, 0.29) is 11.9 Å². The van der Waals surface area contributed by atoms with Crippen LogP contribution in [0.25, 0.3) is 0 Å². The number of hydrogen-bond donors (Lipinski definition) is 1. The van der Waals surface area contributed by atoms with Crippen LogP contribution >= 0.6 is 11.3 Å². The van der Waals surface area contributed by atoms with Gasteiger partial charge in [-0.25, -0.2) is 4.68 Å². The third-order valence-corrected chi connectivity index (χ3v) is 7.66. The molecule has 8 nitrogen and oxygen atoms in total. The van der Waals surface area contributed by atoms with Crippen molar-refractivity contribution < 1.29 is 4.79 Å². The lowest BCUT2D eigenvalue weighted by Crippen LogP contribution is -2.57. The van der Waals surface area contributed by atoms with Gasteiger partial charge in [-0.2, -0.15) is 0 Å². The van der Waals surface area contributed by atoms with Gasteiger partial charge in [0.25, 0.3) is 0 Å². The van der Waals surface area contributed by atoms with E-state index in [4.69, 9.17) is 0 Å². The molecule has 1 spiro atoms. The Balaban J connectivity index is 1.41. The molecular weight excluding hydrogens is 422 g/mol. The van der Waals surface area contributed by atoms with E-state index in [0.29, 0.717) is 6.67 Å². The number of unbranched alkanes of at least 4 members (excludes halogenated alkanes) is 1. The molecule has 0 aliphatic carbocycles. The van der Waals surface area contributed by atoms with Gasteiger partial charge in [-0.3, -0.25) is 9.69 Å². The smallest absolute Gasteiger partial charge is 0.247 e. The highest BCUT2D eigenvalue weighted by atomic mass is 32.1. The number of amides is 1. The van der Waals surface area contributed by atoms with Gasteiger partial charge in [0.05, 0.1) is 6.67 Å². The zero-order chi connectivity index (χ0) is 22.0. The predicted octanol–water partition coefficient (Wildman–Crippen LogP) is 3.05. The third-order valence-electron chi connectivity index (χ3n) is 6.74. The first-order chi connectivity index (χ1) is 15.7. The number of carbonyl (C=O) groups is 1. The number of piperidine rings is 1. The highest BCUT2D eigenvalue weighted by molar-refractivity contribution is 7.10. The topological polar surface area (TPSA) is 79.2 Å². The summed E-state index contributed by atoms with van der Waals surface area (Å²) in [5.41, 5.74) is 0.601. The molecule has 2 aliphatic heterocycles. The molecule has 0 bridgehead atoms. The third kappa shape index (κ3) is 3.69. The molecule has 1 N–H and O–H groups in total. The Morgan fingerprint density at radius 1 is 1.16 bits per heavy atom. The van der Waals surface area contributed by atoms with Gasteiger partial charge in [0.15, 0.2) is 5.82 Å². The maximum atomic E-state index is 13.0. The highest BCUT2D eigenvalue weighted by Gasteiger charge is 2.51. The molecule has 5 rings (SSSR count). The number of likely N-dealkylation sites (tertiary alicyclic amines) is 1. The molecule has 2 aromatic heterocycles. The second-order valence-electron chi connectivity index (χ2n) is 8.53. The first-order valence-electron chi connectivity index (χ1n) is 11.4. The van der Waals surface area contributed by atoms with E-state index in [2.05, 4.69) is 67.2 Å². The normalized spacial score (nSPS) is 19.4. The van der Waals surface area contributed by atoms with Crippen LogP contribution in [0, 0.1) is 0 Å². The average molecular weight is 452 g/mol. The van der Waals surface area contributed by atoms with E-state index in [1.807, 2.05) is 22.9 Å². The van der Waals surface area contributed by atoms with Gasteiger partial charge in [-0.05, 0) is 53.3 Å². The molecule has 2 fully saturated rings. The molecule has 4 heterocycles. The number of aromatic nitrogens is 4. The van der Waals surface area contributed by atoms with Crippen molar-refractivity contribution in [1.29, 1.82) is 0 Å². The Morgan fingerprint density at radius 2 is 1.97 bits per heavy atom. The van der Waals surface area contributed by atoms with Gasteiger partial charge in [-0.1, -0.05) is 37.6 Å². The SMILES string of the molecule is CCCCn1nnnc1C(c1cccs1)N1CCC2(CC1)C(=O)NCN2c1ccccc1. The quantitative estimate of drug-likeness (QED) is 0.595. The summed E-state index contributed by atoms with van der Waals surface area (Å²) in [5, 5.41) is 17.9. The van der Waals surface area contributed by atoms with Crippen LogP contribution in [-0.4, -0.2) is 56.3 Å². The van der Waals surface area contributed by atoms with Crippen molar-refractivity contribution in [2.45, 2.75) is 50.7 Å². The minimum atomic E-state index is -0.494. The van der Waals surface area contributed by atoms with Gasteiger partial charge in [0, 0.05) is 30.2 Å². The number of benzene rings is 1. The summed E-state index contributed by atoms with van der Waals surface area (Å²) in [7, 11) is 0. The number of aryl methyl sites for hydroxylation is 1. The zero-order valence-electron chi connectivity index (χ0n) is 18.4. The molecule has 3 aromatic rings. The Bertz CT molecular complexity index is 1030. The first kappa shape index (κ1) is 21.1. The fourth-order valence-electron chi connectivity index (χ4n) is 4.98. The predicted molar refractivity (Wildman–Crippen MR) is 124 cm³/mol. The summed E-state index contributed by atoms with van der Waals surface area (Å²) in [6.07, 6.45) is 3.68. The molecule has 1 aromatic carbocycles. The summed E-state index contributed by atoms with van der Waals surface area (Å²) in [4.78, 5) is 19.0. The van der Waals surface area contributed by atoms with E-state index in [9.17, 15) is 4.79 Å². The lowest BCUT2D eigenvalue weighted by atomic mass is 9.85. The molecule has 1 atom stereocenters. The zero-order valence-corrected chi connectivity index (χ0v) is 19.2. The van der Waals surface area contributed by atoms with Crippen molar-refractivity contribution >= 4 is 22.9 Å². The molecule has 2 saturated heterocycles. The van der Waals surface area contributed by atoms with E-state index >= 15 is 0 Å². The van der Waals surface area contributed by atoms with E-state index in [1.54, 1.807) is 11.3 Å². The molecule has 1 amide bonds. The molecule has 9 heteroatoms. The number of carbonyl (C=O) groups excluding carboxylic acids is 1. The molecular formula is C23H29N7OS. The van der Waals surface area contributed by atoms with Crippen LogP contribution < -0.4 is 10.2 Å². The monoisotopic (exact) mass is 451 g/mol. The summed E-state index contributed by atoms with van der Waals surface area (Å²) in [6.45, 7) is 5.17. The summed E-state index contributed by atoms with van der Waals surface area (Å²) in [5.74, 6) is 1.04. The Hall–Kier alpha value is -2.78. The lowest BCUT2D eigenvalue weighted by molar-refractivity contribution is -0.125. The maximum Gasteiger partial charge on any atom is 0.247 e. The van der Waals surface area contributed by atoms with Crippen molar-refractivity contribution in [2.75, 3.05) is 24.7 Å². The summed E-state index contributed by atoms with van der Waals surface area (Å²) >= 11 is 1.74. The van der Waals surface area contributed by atoms with Crippen molar-refractivity contribution in [3.63, 3.8) is 0 Å². The highest BCUT2D eigenvalue weighted by Crippen LogP contribution is 2.40. The number of para-hydroxylation sites is 1. The summed E-state index contributed by atoms with van der Waals surface area (Å²) in [6, 6.07) is 14.5. The van der Waals surface area contributed by atoms with Gasteiger partial charge in [0.1, 0.15) is 11.6 Å². The molecule has 168 valence electrons. The fourth-order valence-corrected chi connectivity index (χ4v) is 5.83. The van der Waals surface area contributed by atoms with Crippen LogP contribution in [0.3, 0.4) is 0 Å². The number of tetrazole rings is 1. The minimum Gasteiger partial charge on any atom is -0.339 e. The maximum absolute atomic E-state index is 13.0. The van der Waals surface area contributed by atoms with Gasteiger partial charge in [-0.15, -0.1) is 16.4 Å². The van der Waals surface area contributed by atoms with Crippen LogP contribution in [0.2, 0.25) is 0 Å². The number of thiophene rings is 1. The van der Waals surface area contributed by atoms with Gasteiger partial charge < -0.3 is 10.2 Å². The van der Waals surface area contributed by atoms with Crippen molar-refractivity contribution in [2.24, 2.45) is 0 Å². The first-order valence-corrected chi connectivity index (χ1v) is 12.3. The summed E-state index contributed by atoms with van der Waals surface area (Å²) < 4.78 is 1.96. The van der Waals surface area contributed by atoms with E-state index in [1.165, 1.54) is 4.88 Å². The van der Waals surface area contributed by atoms with Crippen molar-refractivity contribution in [3.8, 4) is 0 Å². The minimum absolute atomic E-state index is 0.00819. The van der Waals surface area contributed by atoms with E-state index in [0.717, 1.165) is 56.8 Å². The van der Waals surface area contributed by atoms with Crippen molar-refractivity contribution in [3.05, 3.63) is 58.5 Å².